The molecule has 0 aliphatic rings. The molecular weight excluding hydrogens is 222 g/mol. The van der Waals surface area contributed by atoms with Crippen molar-refractivity contribution in [1.82, 2.24) is 5.32 Å². The summed E-state index contributed by atoms with van der Waals surface area (Å²) in [5.41, 5.74) is 0. The average molecular weight is 241 g/mol. The zero-order valence-electron chi connectivity index (χ0n) is 8.86. The Morgan fingerprint density at radius 1 is 1.50 bits per heavy atom. The van der Waals surface area contributed by atoms with E-state index < -0.39 is 9.84 Å². The Kier molecular flexibility index (Phi) is 6.76. The standard InChI is InChI=1S/C8H19NO3S2/c1-7(8(6-10)13-2)9-4-5-14(3,11)12/h7-10H,4-6H2,1-3H3. The van der Waals surface area contributed by atoms with Crippen molar-refractivity contribution in [2.45, 2.75) is 18.2 Å². The first-order chi connectivity index (χ1) is 6.40. The largest absolute Gasteiger partial charge is 0.395 e. The summed E-state index contributed by atoms with van der Waals surface area (Å²) in [7, 11) is -2.89. The van der Waals surface area contributed by atoms with Crippen LogP contribution in [0.5, 0.6) is 0 Å². The minimum Gasteiger partial charge on any atom is -0.395 e. The lowest BCUT2D eigenvalue weighted by Crippen LogP contribution is -2.39. The summed E-state index contributed by atoms with van der Waals surface area (Å²) in [5, 5.41) is 12.2. The van der Waals surface area contributed by atoms with Crippen LogP contribution in [0, 0.1) is 0 Å². The molecule has 0 rings (SSSR count). The zero-order chi connectivity index (χ0) is 11.2. The first kappa shape index (κ1) is 14.2. The highest BCUT2D eigenvalue weighted by Crippen LogP contribution is 2.09. The molecule has 2 unspecified atom stereocenters. The molecule has 14 heavy (non-hydrogen) atoms. The Morgan fingerprint density at radius 2 is 2.07 bits per heavy atom. The van der Waals surface area contributed by atoms with E-state index >= 15 is 0 Å². The monoisotopic (exact) mass is 241 g/mol. The smallest absolute Gasteiger partial charge is 0.148 e. The molecule has 0 bridgehead atoms. The van der Waals surface area contributed by atoms with Crippen LogP contribution in [0.25, 0.3) is 0 Å². The molecular formula is C8H19NO3S2. The van der Waals surface area contributed by atoms with Gasteiger partial charge in [0.2, 0.25) is 0 Å². The van der Waals surface area contributed by atoms with Crippen LogP contribution < -0.4 is 5.32 Å². The van der Waals surface area contributed by atoms with Gasteiger partial charge in [0.1, 0.15) is 9.84 Å². The van der Waals surface area contributed by atoms with Gasteiger partial charge in [0.05, 0.1) is 12.4 Å². The molecule has 0 aromatic heterocycles. The van der Waals surface area contributed by atoms with Gasteiger partial charge in [-0.3, -0.25) is 0 Å². The average Bonchev–Trinajstić information content (AvgIpc) is 2.04. The molecule has 86 valence electrons. The Hall–Kier alpha value is 0.220. The molecule has 2 atom stereocenters. The summed E-state index contributed by atoms with van der Waals surface area (Å²) in [5.74, 6) is 0.143. The molecule has 0 saturated carbocycles. The molecule has 0 fully saturated rings. The lowest BCUT2D eigenvalue weighted by Gasteiger charge is -2.20. The SMILES string of the molecule is CSC(CO)C(C)NCCS(C)(=O)=O. The van der Waals surface area contributed by atoms with Crippen molar-refractivity contribution >= 4 is 21.6 Å². The molecule has 0 saturated heterocycles. The Morgan fingerprint density at radius 3 is 2.43 bits per heavy atom. The van der Waals surface area contributed by atoms with E-state index in [1.807, 2.05) is 13.2 Å². The van der Waals surface area contributed by atoms with Gasteiger partial charge < -0.3 is 10.4 Å². The number of aliphatic hydroxyl groups excluding tert-OH is 1. The summed E-state index contributed by atoms with van der Waals surface area (Å²) >= 11 is 1.57. The van der Waals surface area contributed by atoms with E-state index in [0.717, 1.165) is 0 Å². The first-order valence-corrected chi connectivity index (χ1v) is 7.80. The maximum Gasteiger partial charge on any atom is 0.148 e. The molecule has 6 heteroatoms. The third kappa shape index (κ3) is 6.64. The fourth-order valence-corrected chi connectivity index (χ4v) is 2.18. The minimum absolute atomic E-state index is 0.105. The third-order valence-corrected chi connectivity index (χ3v) is 4.09. The topological polar surface area (TPSA) is 66.4 Å². The highest BCUT2D eigenvalue weighted by atomic mass is 32.2. The van der Waals surface area contributed by atoms with Gasteiger partial charge in [0, 0.05) is 24.1 Å². The first-order valence-electron chi connectivity index (χ1n) is 4.45. The molecule has 0 radical (unpaired) electrons. The van der Waals surface area contributed by atoms with Crippen molar-refractivity contribution in [3.8, 4) is 0 Å². The van der Waals surface area contributed by atoms with E-state index in [1.54, 1.807) is 11.8 Å². The lowest BCUT2D eigenvalue weighted by atomic mass is 10.2. The number of nitrogens with one attached hydrogen (secondary N) is 1. The quantitative estimate of drug-likeness (QED) is 0.642. The second kappa shape index (κ2) is 6.66. The Balaban J connectivity index is 3.78. The van der Waals surface area contributed by atoms with Crippen LogP contribution in [0.3, 0.4) is 0 Å². The van der Waals surface area contributed by atoms with E-state index in [2.05, 4.69) is 5.32 Å². The summed E-state index contributed by atoms with van der Waals surface area (Å²) in [6.07, 6.45) is 3.15. The second-order valence-electron chi connectivity index (χ2n) is 3.33. The molecule has 0 spiro atoms. The predicted molar refractivity (Wildman–Crippen MR) is 61.6 cm³/mol. The van der Waals surface area contributed by atoms with Crippen molar-refractivity contribution in [2.24, 2.45) is 0 Å². The van der Waals surface area contributed by atoms with Gasteiger partial charge in [-0.05, 0) is 13.2 Å². The molecule has 0 aliphatic heterocycles. The fraction of sp³-hybridized carbons (Fsp3) is 1.00. The van der Waals surface area contributed by atoms with Gasteiger partial charge in [-0.25, -0.2) is 8.42 Å². The summed E-state index contributed by atoms with van der Waals surface area (Å²) in [6, 6.07) is 0.122. The van der Waals surface area contributed by atoms with Crippen molar-refractivity contribution in [3.05, 3.63) is 0 Å². The lowest BCUT2D eigenvalue weighted by molar-refractivity contribution is 0.277. The summed E-state index contributed by atoms with van der Waals surface area (Å²) in [4.78, 5) is 0. The van der Waals surface area contributed by atoms with Gasteiger partial charge >= 0.3 is 0 Å². The molecule has 0 aromatic rings. The maximum absolute atomic E-state index is 10.8. The number of thioether (sulfide) groups is 1. The molecule has 0 aromatic carbocycles. The molecule has 0 amide bonds. The van der Waals surface area contributed by atoms with Crippen LogP contribution in [0.1, 0.15) is 6.92 Å². The molecule has 0 heterocycles. The van der Waals surface area contributed by atoms with Gasteiger partial charge in [0.25, 0.3) is 0 Å². The predicted octanol–water partition coefficient (Wildman–Crippen LogP) is -0.267. The highest BCUT2D eigenvalue weighted by Gasteiger charge is 2.14. The Labute approximate surface area is 90.4 Å². The Bertz CT molecular complexity index is 237. The van der Waals surface area contributed by atoms with Crippen molar-refractivity contribution < 1.29 is 13.5 Å². The molecule has 4 nitrogen and oxygen atoms in total. The van der Waals surface area contributed by atoms with Crippen molar-refractivity contribution in [3.63, 3.8) is 0 Å². The van der Waals surface area contributed by atoms with E-state index in [-0.39, 0.29) is 23.7 Å². The van der Waals surface area contributed by atoms with Gasteiger partial charge in [0.15, 0.2) is 0 Å². The van der Waals surface area contributed by atoms with Crippen LogP contribution in [0.4, 0.5) is 0 Å². The molecule has 0 aliphatic carbocycles. The van der Waals surface area contributed by atoms with Crippen LogP contribution in [-0.4, -0.2) is 56.2 Å². The second-order valence-corrected chi connectivity index (χ2v) is 6.67. The van der Waals surface area contributed by atoms with E-state index in [4.69, 9.17) is 5.11 Å². The van der Waals surface area contributed by atoms with E-state index in [9.17, 15) is 8.42 Å². The van der Waals surface area contributed by atoms with Crippen LogP contribution in [0.2, 0.25) is 0 Å². The number of hydrogen-bond acceptors (Lipinski definition) is 5. The van der Waals surface area contributed by atoms with Crippen LogP contribution in [0.15, 0.2) is 0 Å². The number of hydrogen-bond donors (Lipinski definition) is 2. The van der Waals surface area contributed by atoms with E-state index in [1.165, 1.54) is 6.26 Å². The van der Waals surface area contributed by atoms with Gasteiger partial charge in [-0.1, -0.05) is 0 Å². The maximum atomic E-state index is 10.8. The minimum atomic E-state index is -2.89. The number of rotatable bonds is 7. The highest BCUT2D eigenvalue weighted by molar-refractivity contribution is 7.99. The zero-order valence-corrected chi connectivity index (χ0v) is 10.5. The van der Waals surface area contributed by atoms with E-state index in [0.29, 0.717) is 6.54 Å². The van der Waals surface area contributed by atoms with Gasteiger partial charge in [-0.2, -0.15) is 11.8 Å². The normalized spacial score (nSPS) is 16.6. The van der Waals surface area contributed by atoms with Crippen molar-refractivity contribution in [2.75, 3.05) is 31.4 Å². The van der Waals surface area contributed by atoms with Crippen molar-refractivity contribution in [1.29, 1.82) is 0 Å². The number of aliphatic hydroxyl groups is 1. The fourth-order valence-electron chi connectivity index (χ4n) is 1.04. The third-order valence-electron chi connectivity index (χ3n) is 1.98. The summed E-state index contributed by atoms with van der Waals surface area (Å²) < 4.78 is 21.7. The summed E-state index contributed by atoms with van der Waals surface area (Å²) in [6.45, 7) is 2.49. The van der Waals surface area contributed by atoms with Crippen LogP contribution in [-0.2, 0) is 9.84 Å². The van der Waals surface area contributed by atoms with Crippen LogP contribution >= 0.6 is 11.8 Å². The number of sulfone groups is 1. The molecule has 2 N–H and O–H groups in total. The van der Waals surface area contributed by atoms with Gasteiger partial charge in [-0.15, -0.1) is 0 Å².